The monoisotopic (exact) mass is 253 g/mol. The standard InChI is InChI=1S/C12H15NO3S/c14-11(13-7-8-3-2-6-17-8)9-4-1-5-10(9)12(15)16/h2-3,6,9-10H,1,4-5,7H2,(H,13,14)(H,15,16). The highest BCUT2D eigenvalue weighted by atomic mass is 32.1. The number of amides is 1. The van der Waals surface area contributed by atoms with E-state index in [1.807, 2.05) is 17.5 Å². The van der Waals surface area contributed by atoms with Crippen LogP contribution < -0.4 is 5.32 Å². The molecule has 1 aromatic heterocycles. The van der Waals surface area contributed by atoms with Crippen LogP contribution in [0.15, 0.2) is 17.5 Å². The molecule has 1 amide bonds. The number of thiophene rings is 1. The number of nitrogens with one attached hydrogen (secondary N) is 1. The lowest BCUT2D eigenvalue weighted by Crippen LogP contribution is -2.34. The van der Waals surface area contributed by atoms with E-state index in [1.165, 1.54) is 0 Å². The van der Waals surface area contributed by atoms with Crippen molar-refractivity contribution in [1.82, 2.24) is 5.32 Å². The van der Waals surface area contributed by atoms with Crippen molar-refractivity contribution >= 4 is 23.2 Å². The lowest BCUT2D eigenvalue weighted by Gasteiger charge is -2.15. The van der Waals surface area contributed by atoms with Crippen LogP contribution in [0.5, 0.6) is 0 Å². The molecular weight excluding hydrogens is 238 g/mol. The highest BCUT2D eigenvalue weighted by Crippen LogP contribution is 2.32. The fourth-order valence-electron chi connectivity index (χ4n) is 2.29. The van der Waals surface area contributed by atoms with E-state index < -0.39 is 11.9 Å². The summed E-state index contributed by atoms with van der Waals surface area (Å²) in [6.07, 6.45) is 2.13. The van der Waals surface area contributed by atoms with Gasteiger partial charge < -0.3 is 10.4 Å². The van der Waals surface area contributed by atoms with Gasteiger partial charge in [0.05, 0.1) is 18.4 Å². The van der Waals surface area contributed by atoms with E-state index in [9.17, 15) is 9.59 Å². The molecule has 1 fully saturated rings. The van der Waals surface area contributed by atoms with Gasteiger partial charge in [-0.1, -0.05) is 12.5 Å². The van der Waals surface area contributed by atoms with E-state index in [-0.39, 0.29) is 11.8 Å². The number of carbonyl (C=O) groups excluding carboxylic acids is 1. The van der Waals surface area contributed by atoms with Gasteiger partial charge >= 0.3 is 5.97 Å². The molecule has 0 aromatic carbocycles. The lowest BCUT2D eigenvalue weighted by atomic mass is 9.95. The van der Waals surface area contributed by atoms with Crippen molar-refractivity contribution in [3.63, 3.8) is 0 Å². The summed E-state index contributed by atoms with van der Waals surface area (Å²) in [4.78, 5) is 23.9. The Labute approximate surface area is 104 Å². The van der Waals surface area contributed by atoms with E-state index in [0.29, 0.717) is 19.4 Å². The Morgan fingerprint density at radius 2 is 2.18 bits per heavy atom. The third-order valence-electron chi connectivity index (χ3n) is 3.19. The number of carbonyl (C=O) groups is 2. The van der Waals surface area contributed by atoms with Gasteiger partial charge in [0.1, 0.15) is 0 Å². The van der Waals surface area contributed by atoms with Crippen molar-refractivity contribution < 1.29 is 14.7 Å². The average molecular weight is 253 g/mol. The first-order valence-electron chi connectivity index (χ1n) is 5.71. The zero-order valence-corrected chi connectivity index (χ0v) is 10.2. The van der Waals surface area contributed by atoms with Gasteiger partial charge in [-0.25, -0.2) is 0 Å². The van der Waals surface area contributed by atoms with Crippen molar-refractivity contribution in [2.75, 3.05) is 0 Å². The molecule has 0 saturated heterocycles. The second kappa shape index (κ2) is 5.31. The Kier molecular flexibility index (Phi) is 3.78. The molecule has 1 aliphatic carbocycles. The Hall–Kier alpha value is -1.36. The number of hydrogen-bond donors (Lipinski definition) is 2. The molecule has 2 N–H and O–H groups in total. The molecule has 0 spiro atoms. The van der Waals surface area contributed by atoms with Crippen LogP contribution in [0.4, 0.5) is 0 Å². The van der Waals surface area contributed by atoms with Crippen LogP contribution in [0.3, 0.4) is 0 Å². The molecule has 1 saturated carbocycles. The average Bonchev–Trinajstić information content (AvgIpc) is 2.96. The number of carboxylic acids is 1. The highest BCUT2D eigenvalue weighted by Gasteiger charge is 2.37. The summed E-state index contributed by atoms with van der Waals surface area (Å²) in [6.45, 7) is 0.499. The number of aliphatic carboxylic acids is 1. The van der Waals surface area contributed by atoms with Gasteiger partial charge in [-0.2, -0.15) is 0 Å². The van der Waals surface area contributed by atoms with Gasteiger partial charge in [0.25, 0.3) is 0 Å². The molecule has 2 atom stereocenters. The summed E-state index contributed by atoms with van der Waals surface area (Å²) in [5, 5.41) is 13.8. The van der Waals surface area contributed by atoms with Crippen molar-refractivity contribution in [3.05, 3.63) is 22.4 Å². The number of rotatable bonds is 4. The molecule has 0 aliphatic heterocycles. The Balaban J connectivity index is 1.89. The van der Waals surface area contributed by atoms with Crippen LogP contribution in [0.1, 0.15) is 24.1 Å². The zero-order valence-electron chi connectivity index (χ0n) is 9.39. The van der Waals surface area contributed by atoms with Gasteiger partial charge in [-0.15, -0.1) is 11.3 Å². The Morgan fingerprint density at radius 3 is 2.82 bits per heavy atom. The third-order valence-corrected chi connectivity index (χ3v) is 4.06. The topological polar surface area (TPSA) is 66.4 Å². The molecule has 0 radical (unpaired) electrons. The fourth-order valence-corrected chi connectivity index (χ4v) is 2.93. The van der Waals surface area contributed by atoms with Crippen LogP contribution in [-0.4, -0.2) is 17.0 Å². The second-order valence-electron chi connectivity index (χ2n) is 4.28. The van der Waals surface area contributed by atoms with Gasteiger partial charge in [0.2, 0.25) is 5.91 Å². The summed E-state index contributed by atoms with van der Waals surface area (Å²) in [5.41, 5.74) is 0. The highest BCUT2D eigenvalue weighted by molar-refractivity contribution is 7.09. The predicted octanol–water partition coefficient (Wildman–Crippen LogP) is 1.87. The van der Waals surface area contributed by atoms with Crippen LogP contribution in [0.2, 0.25) is 0 Å². The first-order chi connectivity index (χ1) is 8.18. The summed E-state index contributed by atoms with van der Waals surface area (Å²) in [6, 6.07) is 3.88. The second-order valence-corrected chi connectivity index (χ2v) is 5.31. The van der Waals surface area contributed by atoms with Crippen molar-refractivity contribution in [1.29, 1.82) is 0 Å². The smallest absolute Gasteiger partial charge is 0.307 e. The van der Waals surface area contributed by atoms with E-state index in [4.69, 9.17) is 5.11 Å². The molecule has 2 rings (SSSR count). The van der Waals surface area contributed by atoms with E-state index >= 15 is 0 Å². The van der Waals surface area contributed by atoms with Crippen LogP contribution in [0.25, 0.3) is 0 Å². The van der Waals surface area contributed by atoms with Crippen LogP contribution >= 0.6 is 11.3 Å². The minimum absolute atomic E-state index is 0.122. The van der Waals surface area contributed by atoms with Gasteiger partial charge in [0, 0.05) is 4.88 Å². The van der Waals surface area contributed by atoms with Gasteiger partial charge in [-0.3, -0.25) is 9.59 Å². The van der Waals surface area contributed by atoms with E-state index in [0.717, 1.165) is 11.3 Å². The Bertz CT molecular complexity index is 402. The summed E-state index contributed by atoms with van der Waals surface area (Å²) in [5.74, 6) is -1.83. The molecule has 17 heavy (non-hydrogen) atoms. The summed E-state index contributed by atoms with van der Waals surface area (Å²) >= 11 is 1.58. The molecular formula is C12H15NO3S. The number of carboxylic acid groups (broad SMARTS) is 1. The molecule has 0 bridgehead atoms. The third kappa shape index (κ3) is 2.85. The minimum atomic E-state index is -0.848. The molecule has 5 heteroatoms. The SMILES string of the molecule is O=C(O)C1CCCC1C(=O)NCc1cccs1. The first kappa shape index (κ1) is 12.1. The van der Waals surface area contributed by atoms with Crippen molar-refractivity contribution in [2.45, 2.75) is 25.8 Å². The largest absolute Gasteiger partial charge is 0.481 e. The van der Waals surface area contributed by atoms with Gasteiger partial charge in [-0.05, 0) is 24.3 Å². The normalized spacial score (nSPS) is 23.5. The summed E-state index contributed by atoms with van der Waals surface area (Å²) < 4.78 is 0. The molecule has 2 unspecified atom stereocenters. The van der Waals surface area contributed by atoms with Crippen molar-refractivity contribution in [3.8, 4) is 0 Å². The quantitative estimate of drug-likeness (QED) is 0.860. The van der Waals surface area contributed by atoms with Gasteiger partial charge in [0.15, 0.2) is 0 Å². The molecule has 1 aliphatic rings. The molecule has 4 nitrogen and oxygen atoms in total. The predicted molar refractivity (Wildman–Crippen MR) is 64.6 cm³/mol. The maximum atomic E-state index is 11.9. The maximum Gasteiger partial charge on any atom is 0.307 e. The molecule has 1 heterocycles. The molecule has 1 aromatic rings. The van der Waals surface area contributed by atoms with Crippen LogP contribution in [0, 0.1) is 11.8 Å². The lowest BCUT2D eigenvalue weighted by molar-refractivity contribution is -0.146. The zero-order chi connectivity index (χ0) is 12.3. The summed E-state index contributed by atoms with van der Waals surface area (Å²) in [7, 11) is 0. The minimum Gasteiger partial charge on any atom is -0.481 e. The first-order valence-corrected chi connectivity index (χ1v) is 6.59. The van der Waals surface area contributed by atoms with Crippen LogP contribution in [-0.2, 0) is 16.1 Å². The maximum absolute atomic E-state index is 11.9. The molecule has 92 valence electrons. The van der Waals surface area contributed by atoms with E-state index in [1.54, 1.807) is 11.3 Å². The number of hydrogen-bond acceptors (Lipinski definition) is 3. The van der Waals surface area contributed by atoms with E-state index in [2.05, 4.69) is 5.32 Å². The fraction of sp³-hybridized carbons (Fsp3) is 0.500. The van der Waals surface area contributed by atoms with Crippen molar-refractivity contribution in [2.24, 2.45) is 11.8 Å². The Morgan fingerprint density at radius 1 is 1.41 bits per heavy atom.